The molecule has 39 heavy (non-hydrogen) atoms. The Hall–Kier alpha value is -2.98. The Labute approximate surface area is 228 Å². The van der Waals surface area contributed by atoms with Gasteiger partial charge in [0.1, 0.15) is 0 Å². The van der Waals surface area contributed by atoms with Gasteiger partial charge in [-0.1, -0.05) is 18.2 Å². The number of ether oxygens (including phenoxy) is 3. The lowest BCUT2D eigenvalue weighted by Crippen LogP contribution is -2.56. The molecule has 2 heterocycles. The SMILES string of the molecule is COC(=O)CC[C@@H]1CN(Cc2cccc(OC)c2OC)CC[C@@H]1N1CCN(c2cccc(C(F)(F)F)c2)CC1. The van der Waals surface area contributed by atoms with Crippen molar-refractivity contribution in [3.05, 3.63) is 53.6 Å². The number of esters is 1. The lowest BCUT2D eigenvalue weighted by Gasteiger charge is -2.47. The molecule has 2 saturated heterocycles. The van der Waals surface area contributed by atoms with Crippen LogP contribution in [-0.2, 0) is 22.3 Å². The molecule has 0 unspecified atom stereocenters. The Morgan fingerprint density at radius 1 is 0.974 bits per heavy atom. The molecule has 0 aliphatic carbocycles. The van der Waals surface area contributed by atoms with Crippen LogP contribution in [0.2, 0.25) is 0 Å². The maximum absolute atomic E-state index is 13.2. The molecule has 2 atom stereocenters. The second-order valence-electron chi connectivity index (χ2n) is 10.2. The molecule has 0 N–H and O–H groups in total. The van der Waals surface area contributed by atoms with Crippen LogP contribution in [0.3, 0.4) is 0 Å². The Balaban J connectivity index is 1.42. The van der Waals surface area contributed by atoms with Gasteiger partial charge in [0.05, 0.1) is 26.9 Å². The molecule has 7 nitrogen and oxygen atoms in total. The van der Waals surface area contributed by atoms with Gasteiger partial charge in [-0.05, 0) is 49.6 Å². The van der Waals surface area contributed by atoms with Crippen molar-refractivity contribution in [2.45, 2.75) is 38.0 Å². The van der Waals surface area contributed by atoms with Crippen molar-refractivity contribution in [1.29, 1.82) is 0 Å². The summed E-state index contributed by atoms with van der Waals surface area (Å²) < 4.78 is 55.6. The molecule has 214 valence electrons. The predicted molar refractivity (Wildman–Crippen MR) is 143 cm³/mol. The minimum absolute atomic E-state index is 0.213. The van der Waals surface area contributed by atoms with Gasteiger partial charge in [-0.2, -0.15) is 13.2 Å². The number of nitrogens with zero attached hydrogens (tertiary/aromatic N) is 3. The summed E-state index contributed by atoms with van der Waals surface area (Å²) in [5.41, 5.74) is 1.04. The van der Waals surface area contributed by atoms with E-state index >= 15 is 0 Å². The number of hydrogen-bond acceptors (Lipinski definition) is 7. The van der Waals surface area contributed by atoms with Crippen molar-refractivity contribution >= 4 is 11.7 Å². The maximum atomic E-state index is 13.2. The van der Waals surface area contributed by atoms with Crippen LogP contribution < -0.4 is 14.4 Å². The number of likely N-dealkylation sites (tertiary alicyclic amines) is 1. The van der Waals surface area contributed by atoms with Gasteiger partial charge in [0, 0.05) is 63.0 Å². The second-order valence-corrected chi connectivity index (χ2v) is 10.2. The largest absolute Gasteiger partial charge is 0.493 e. The van der Waals surface area contributed by atoms with Crippen LogP contribution in [0, 0.1) is 5.92 Å². The molecular weight excluding hydrogens is 511 g/mol. The fourth-order valence-electron chi connectivity index (χ4n) is 5.92. The smallest absolute Gasteiger partial charge is 0.416 e. The van der Waals surface area contributed by atoms with Crippen LogP contribution in [0.15, 0.2) is 42.5 Å². The molecule has 0 amide bonds. The van der Waals surface area contributed by atoms with Crippen molar-refractivity contribution in [2.24, 2.45) is 5.92 Å². The van der Waals surface area contributed by atoms with Gasteiger partial charge in [-0.25, -0.2) is 0 Å². The summed E-state index contributed by atoms with van der Waals surface area (Å²) >= 11 is 0. The zero-order valence-corrected chi connectivity index (χ0v) is 22.9. The molecule has 2 aliphatic rings. The number of alkyl halides is 3. The standard InChI is InChI=1S/C29H38F3N3O4/c1-37-26-9-4-6-22(28(26)39-3)20-33-13-12-25(21(19-33)10-11-27(36)38-2)35-16-14-34(15-17-35)24-8-5-7-23(18-24)29(30,31)32/h4-9,18,21,25H,10-17,19-20H2,1-3H3/t21-,25+/m1/s1. The number of methoxy groups -OCH3 is 3. The number of benzene rings is 2. The van der Waals surface area contributed by atoms with Gasteiger partial charge in [0.2, 0.25) is 0 Å². The number of carbonyl (C=O) groups excluding carboxylic acids is 1. The average molecular weight is 550 g/mol. The first-order chi connectivity index (χ1) is 18.7. The number of halogens is 3. The van der Waals surface area contributed by atoms with Crippen LogP contribution in [0.25, 0.3) is 0 Å². The minimum Gasteiger partial charge on any atom is -0.493 e. The minimum atomic E-state index is -4.35. The lowest BCUT2D eigenvalue weighted by molar-refractivity contribution is -0.141. The van der Waals surface area contributed by atoms with Gasteiger partial charge < -0.3 is 19.1 Å². The topological polar surface area (TPSA) is 54.5 Å². The summed E-state index contributed by atoms with van der Waals surface area (Å²) in [6.07, 6.45) is -2.33. The Morgan fingerprint density at radius 3 is 2.38 bits per heavy atom. The first kappa shape index (κ1) is 29.0. The monoisotopic (exact) mass is 549 g/mol. The number of rotatable bonds is 9. The summed E-state index contributed by atoms with van der Waals surface area (Å²) in [4.78, 5) is 18.9. The highest BCUT2D eigenvalue weighted by atomic mass is 19.4. The highest BCUT2D eigenvalue weighted by Crippen LogP contribution is 2.35. The molecule has 0 saturated carbocycles. The van der Waals surface area contributed by atoms with E-state index in [9.17, 15) is 18.0 Å². The third-order valence-corrected chi connectivity index (χ3v) is 7.93. The summed E-state index contributed by atoms with van der Waals surface area (Å²) in [5, 5.41) is 0. The molecule has 4 rings (SSSR count). The van der Waals surface area contributed by atoms with E-state index in [1.807, 2.05) is 23.1 Å². The zero-order chi connectivity index (χ0) is 28.0. The molecule has 0 radical (unpaired) electrons. The van der Waals surface area contributed by atoms with Crippen molar-refractivity contribution in [3.8, 4) is 11.5 Å². The van der Waals surface area contributed by atoms with E-state index < -0.39 is 11.7 Å². The van der Waals surface area contributed by atoms with Crippen LogP contribution in [0.1, 0.15) is 30.4 Å². The summed E-state index contributed by atoms with van der Waals surface area (Å²) in [7, 11) is 4.68. The number of piperidine rings is 1. The van der Waals surface area contributed by atoms with E-state index in [1.54, 1.807) is 20.3 Å². The Bertz CT molecular complexity index is 1110. The molecule has 0 bridgehead atoms. The Morgan fingerprint density at radius 2 is 1.72 bits per heavy atom. The fraction of sp³-hybridized carbons (Fsp3) is 0.552. The van der Waals surface area contributed by atoms with E-state index in [4.69, 9.17) is 14.2 Å². The van der Waals surface area contributed by atoms with Gasteiger partial charge >= 0.3 is 12.1 Å². The average Bonchev–Trinajstić information content (AvgIpc) is 2.95. The number of piperazine rings is 1. The van der Waals surface area contributed by atoms with Crippen LogP contribution in [0.4, 0.5) is 18.9 Å². The van der Waals surface area contributed by atoms with Crippen molar-refractivity contribution < 1.29 is 32.2 Å². The van der Waals surface area contributed by atoms with E-state index in [2.05, 4.69) is 9.80 Å². The van der Waals surface area contributed by atoms with E-state index in [0.29, 0.717) is 43.5 Å². The predicted octanol–water partition coefficient (Wildman–Crippen LogP) is 4.69. The van der Waals surface area contributed by atoms with Crippen molar-refractivity contribution in [1.82, 2.24) is 9.80 Å². The summed E-state index contributed by atoms with van der Waals surface area (Å²) in [5.74, 6) is 1.48. The molecular formula is C29H38F3N3O4. The molecule has 2 aliphatic heterocycles. The normalized spacial score (nSPS) is 21.0. The van der Waals surface area contributed by atoms with Crippen LogP contribution in [-0.4, -0.2) is 82.4 Å². The van der Waals surface area contributed by atoms with Gasteiger partial charge in [-0.3, -0.25) is 14.6 Å². The van der Waals surface area contributed by atoms with Gasteiger partial charge in [0.15, 0.2) is 11.5 Å². The zero-order valence-electron chi connectivity index (χ0n) is 22.9. The molecule has 2 aromatic rings. The highest BCUT2D eigenvalue weighted by Gasteiger charge is 2.36. The van der Waals surface area contributed by atoms with Crippen molar-refractivity contribution in [3.63, 3.8) is 0 Å². The van der Waals surface area contributed by atoms with Gasteiger partial charge in [0.25, 0.3) is 0 Å². The van der Waals surface area contributed by atoms with Crippen LogP contribution >= 0.6 is 0 Å². The number of para-hydroxylation sites is 1. The number of hydrogen-bond donors (Lipinski definition) is 0. The molecule has 10 heteroatoms. The van der Waals surface area contributed by atoms with E-state index in [-0.39, 0.29) is 11.9 Å². The molecule has 2 aromatic carbocycles. The number of anilines is 1. The van der Waals surface area contributed by atoms with E-state index in [1.165, 1.54) is 19.2 Å². The third kappa shape index (κ3) is 7.16. The molecule has 0 spiro atoms. The van der Waals surface area contributed by atoms with E-state index in [0.717, 1.165) is 56.4 Å². The summed E-state index contributed by atoms with van der Waals surface area (Å²) in [6.45, 7) is 5.28. The highest BCUT2D eigenvalue weighted by molar-refractivity contribution is 5.69. The molecule has 0 aromatic heterocycles. The maximum Gasteiger partial charge on any atom is 0.416 e. The van der Waals surface area contributed by atoms with Gasteiger partial charge in [-0.15, -0.1) is 0 Å². The van der Waals surface area contributed by atoms with Crippen molar-refractivity contribution in [2.75, 3.05) is 65.5 Å². The van der Waals surface area contributed by atoms with Crippen LogP contribution in [0.5, 0.6) is 11.5 Å². The Kier molecular flexibility index (Phi) is 9.61. The fourth-order valence-corrected chi connectivity index (χ4v) is 5.92. The lowest BCUT2D eigenvalue weighted by atomic mass is 9.86. The third-order valence-electron chi connectivity index (χ3n) is 7.93. The quantitative estimate of drug-likeness (QED) is 0.421. The summed E-state index contributed by atoms with van der Waals surface area (Å²) in [6, 6.07) is 11.7. The first-order valence-electron chi connectivity index (χ1n) is 13.4. The number of carbonyl (C=O) groups is 1. The molecule has 2 fully saturated rings. The first-order valence-corrected chi connectivity index (χ1v) is 13.4. The second kappa shape index (κ2) is 12.9.